The molecule has 0 fully saturated rings. The molecular weight excluding hydrogens is 244 g/mol. The number of aliphatic carboxylic acids is 1. The Balaban J connectivity index is 3.17. The molecule has 1 aromatic carbocycles. The van der Waals surface area contributed by atoms with Gasteiger partial charge in [-0.3, -0.25) is 4.79 Å². The zero-order chi connectivity index (χ0) is 13.0. The molecule has 5 heteroatoms. The van der Waals surface area contributed by atoms with E-state index in [1.165, 1.54) is 14.2 Å². The summed E-state index contributed by atoms with van der Waals surface area (Å²) in [5, 5.41) is 9.06. The molecule has 4 nitrogen and oxygen atoms in total. The lowest BCUT2D eigenvalue weighted by atomic mass is 10.0. The van der Waals surface area contributed by atoms with Crippen LogP contribution in [0.2, 0.25) is 5.02 Å². The molecule has 0 spiro atoms. The Morgan fingerprint density at radius 3 is 2.41 bits per heavy atom. The predicted molar refractivity (Wildman–Crippen MR) is 65.2 cm³/mol. The van der Waals surface area contributed by atoms with Gasteiger partial charge in [0.25, 0.3) is 0 Å². The molecule has 0 aliphatic heterocycles. The average molecular weight is 259 g/mol. The monoisotopic (exact) mass is 258 g/mol. The van der Waals surface area contributed by atoms with E-state index in [2.05, 4.69) is 0 Å². The Bertz CT molecular complexity index is 429. The smallest absolute Gasteiger partial charge is 0.303 e. The average Bonchev–Trinajstić information content (AvgIpc) is 2.26. The minimum absolute atomic E-state index is 0.0401. The molecule has 0 saturated carbocycles. The number of carbonyl (C=O) groups is 1. The fourth-order valence-electron chi connectivity index (χ4n) is 1.71. The lowest BCUT2D eigenvalue weighted by molar-refractivity contribution is -0.136. The summed E-state index contributed by atoms with van der Waals surface area (Å²) in [7, 11) is 3.03. The van der Waals surface area contributed by atoms with Crippen molar-refractivity contribution in [1.29, 1.82) is 0 Å². The first-order chi connectivity index (χ1) is 8.01. The van der Waals surface area contributed by atoms with Crippen LogP contribution in [-0.4, -0.2) is 25.3 Å². The fourth-order valence-corrected chi connectivity index (χ4v) is 2.13. The molecule has 1 aromatic rings. The third kappa shape index (κ3) is 3.03. The van der Waals surface area contributed by atoms with E-state index >= 15 is 0 Å². The van der Waals surface area contributed by atoms with E-state index in [1.54, 1.807) is 0 Å². The van der Waals surface area contributed by atoms with Crippen molar-refractivity contribution in [3.63, 3.8) is 0 Å². The normalized spacial score (nSPS) is 10.1. The highest BCUT2D eigenvalue weighted by Crippen LogP contribution is 2.39. The van der Waals surface area contributed by atoms with E-state index in [4.69, 9.17) is 26.2 Å². The van der Waals surface area contributed by atoms with Crippen LogP contribution in [0.15, 0.2) is 6.07 Å². The quantitative estimate of drug-likeness (QED) is 0.882. The van der Waals surface area contributed by atoms with E-state index in [0.29, 0.717) is 22.9 Å². The number of halogens is 1. The van der Waals surface area contributed by atoms with E-state index in [-0.39, 0.29) is 6.42 Å². The molecule has 0 atom stereocenters. The number of ether oxygens (including phenoxy) is 2. The molecule has 0 aliphatic rings. The highest BCUT2D eigenvalue weighted by molar-refractivity contribution is 6.33. The second-order valence-corrected chi connectivity index (χ2v) is 4.00. The third-order valence-corrected chi connectivity index (χ3v) is 2.80. The van der Waals surface area contributed by atoms with Crippen molar-refractivity contribution >= 4 is 17.6 Å². The summed E-state index contributed by atoms with van der Waals surface area (Å²) in [6, 6.07) is 1.84. The maximum absolute atomic E-state index is 10.6. The SMILES string of the molecule is COc1c(C)cc(CCC(=O)O)c(OC)c1Cl. The summed E-state index contributed by atoms with van der Waals surface area (Å²) in [4.78, 5) is 10.6. The largest absolute Gasteiger partial charge is 0.495 e. The van der Waals surface area contributed by atoms with Crippen LogP contribution in [-0.2, 0) is 11.2 Å². The second kappa shape index (κ2) is 5.77. The van der Waals surface area contributed by atoms with Crippen molar-refractivity contribution in [2.75, 3.05) is 14.2 Å². The summed E-state index contributed by atoms with van der Waals surface area (Å²) in [5.74, 6) is 0.189. The predicted octanol–water partition coefficient (Wildman–Crippen LogP) is 2.68. The molecule has 1 rings (SSSR count). The molecule has 0 unspecified atom stereocenters. The van der Waals surface area contributed by atoms with Crippen molar-refractivity contribution < 1.29 is 19.4 Å². The van der Waals surface area contributed by atoms with Crippen LogP contribution in [0.25, 0.3) is 0 Å². The molecule has 0 heterocycles. The van der Waals surface area contributed by atoms with E-state index in [9.17, 15) is 4.79 Å². The summed E-state index contributed by atoms with van der Waals surface area (Å²) in [5.41, 5.74) is 1.64. The molecule has 94 valence electrons. The summed E-state index contributed by atoms with van der Waals surface area (Å²) < 4.78 is 10.4. The van der Waals surface area contributed by atoms with Crippen molar-refractivity contribution in [1.82, 2.24) is 0 Å². The van der Waals surface area contributed by atoms with E-state index in [1.807, 2.05) is 13.0 Å². The van der Waals surface area contributed by atoms with Crippen LogP contribution >= 0.6 is 11.6 Å². The van der Waals surface area contributed by atoms with E-state index in [0.717, 1.165) is 11.1 Å². The van der Waals surface area contributed by atoms with Crippen LogP contribution < -0.4 is 9.47 Å². The Kier molecular flexibility index (Phi) is 4.63. The molecule has 0 saturated heterocycles. The fraction of sp³-hybridized carbons (Fsp3) is 0.417. The zero-order valence-corrected chi connectivity index (χ0v) is 10.8. The maximum Gasteiger partial charge on any atom is 0.303 e. The van der Waals surface area contributed by atoms with Crippen molar-refractivity contribution in [3.8, 4) is 11.5 Å². The molecule has 17 heavy (non-hydrogen) atoms. The molecule has 0 radical (unpaired) electrons. The molecule has 1 N–H and O–H groups in total. The first-order valence-electron chi connectivity index (χ1n) is 5.13. The van der Waals surface area contributed by atoms with Crippen LogP contribution in [0.5, 0.6) is 11.5 Å². The first-order valence-corrected chi connectivity index (χ1v) is 5.50. The Morgan fingerprint density at radius 2 is 1.94 bits per heavy atom. The van der Waals surface area contributed by atoms with Gasteiger partial charge in [-0.1, -0.05) is 11.6 Å². The van der Waals surface area contributed by atoms with Gasteiger partial charge in [-0.25, -0.2) is 0 Å². The molecule has 0 aliphatic carbocycles. The minimum Gasteiger partial charge on any atom is -0.495 e. The molecule has 0 amide bonds. The summed E-state index contributed by atoms with van der Waals surface area (Å²) >= 11 is 6.14. The number of methoxy groups -OCH3 is 2. The Morgan fingerprint density at radius 1 is 1.35 bits per heavy atom. The number of benzene rings is 1. The van der Waals surface area contributed by atoms with Crippen LogP contribution in [0, 0.1) is 6.92 Å². The standard InChI is InChI=1S/C12H15ClO4/c1-7-6-8(4-5-9(14)15)12(17-3)10(13)11(7)16-2/h6H,4-5H2,1-3H3,(H,14,15). The number of hydrogen-bond acceptors (Lipinski definition) is 3. The van der Waals surface area contributed by atoms with Gasteiger partial charge in [0.05, 0.1) is 14.2 Å². The van der Waals surface area contributed by atoms with Gasteiger partial charge < -0.3 is 14.6 Å². The Hall–Kier alpha value is -1.42. The lowest BCUT2D eigenvalue weighted by Gasteiger charge is -2.15. The molecule has 0 bridgehead atoms. The number of carboxylic acid groups (broad SMARTS) is 1. The van der Waals surface area contributed by atoms with E-state index < -0.39 is 5.97 Å². The number of aryl methyl sites for hydroxylation is 2. The van der Waals surface area contributed by atoms with Gasteiger partial charge in [0, 0.05) is 6.42 Å². The number of hydrogen-bond donors (Lipinski definition) is 1. The van der Waals surface area contributed by atoms with Gasteiger partial charge >= 0.3 is 5.97 Å². The topological polar surface area (TPSA) is 55.8 Å². The van der Waals surface area contributed by atoms with Gasteiger partial charge in [0.2, 0.25) is 0 Å². The highest BCUT2D eigenvalue weighted by atomic mass is 35.5. The Labute approximate surface area is 105 Å². The van der Waals surface area contributed by atoms with Crippen molar-refractivity contribution in [2.24, 2.45) is 0 Å². The van der Waals surface area contributed by atoms with Crippen LogP contribution in [0.3, 0.4) is 0 Å². The van der Waals surface area contributed by atoms with Gasteiger partial charge in [0.1, 0.15) is 16.5 Å². The maximum atomic E-state index is 10.6. The van der Waals surface area contributed by atoms with Gasteiger partial charge in [0.15, 0.2) is 0 Å². The highest BCUT2D eigenvalue weighted by Gasteiger charge is 2.16. The van der Waals surface area contributed by atoms with Gasteiger partial charge in [-0.05, 0) is 30.5 Å². The third-order valence-electron chi connectivity index (χ3n) is 2.46. The summed E-state index contributed by atoms with van der Waals surface area (Å²) in [6.07, 6.45) is 0.418. The van der Waals surface area contributed by atoms with Crippen LogP contribution in [0.4, 0.5) is 0 Å². The molecular formula is C12H15ClO4. The van der Waals surface area contributed by atoms with Gasteiger partial charge in [-0.15, -0.1) is 0 Å². The van der Waals surface area contributed by atoms with Crippen LogP contribution in [0.1, 0.15) is 17.5 Å². The number of rotatable bonds is 5. The summed E-state index contributed by atoms with van der Waals surface area (Å²) in [6.45, 7) is 1.86. The first kappa shape index (κ1) is 13.6. The second-order valence-electron chi connectivity index (χ2n) is 3.63. The van der Waals surface area contributed by atoms with Crippen molar-refractivity contribution in [2.45, 2.75) is 19.8 Å². The minimum atomic E-state index is -0.850. The zero-order valence-electron chi connectivity index (χ0n) is 10.0. The van der Waals surface area contributed by atoms with Gasteiger partial charge in [-0.2, -0.15) is 0 Å². The number of carboxylic acids is 1. The molecule has 0 aromatic heterocycles. The van der Waals surface area contributed by atoms with Crippen molar-refractivity contribution in [3.05, 3.63) is 22.2 Å². The lowest BCUT2D eigenvalue weighted by Crippen LogP contribution is -2.02.